The molecule has 0 aliphatic rings. The first-order valence-electron chi connectivity index (χ1n) is 13.7. The molecule has 1 N–H and O–H groups in total. The maximum atomic E-state index is 6.07. The monoisotopic (exact) mass is 508 g/mol. The SMILES string of the molecule is CCN(CC)CCCNc1ccc(Oc2ccc3cc(OC)c(OCCCN(CC)CC)cc3n2)cc1. The summed E-state index contributed by atoms with van der Waals surface area (Å²) in [4.78, 5) is 9.55. The van der Waals surface area contributed by atoms with Crippen LogP contribution in [0.15, 0.2) is 48.5 Å². The largest absolute Gasteiger partial charge is 0.493 e. The Morgan fingerprint density at radius 1 is 0.784 bits per heavy atom. The first kappa shape index (κ1) is 28.5. The van der Waals surface area contributed by atoms with Crippen LogP contribution >= 0.6 is 0 Å². The highest BCUT2D eigenvalue weighted by Gasteiger charge is 2.10. The van der Waals surface area contributed by atoms with Crippen molar-refractivity contribution in [2.75, 3.05) is 64.8 Å². The molecule has 1 aromatic heterocycles. The summed E-state index contributed by atoms with van der Waals surface area (Å²) in [5, 5.41) is 4.46. The Hall–Kier alpha value is -3.03. The maximum Gasteiger partial charge on any atom is 0.219 e. The zero-order chi connectivity index (χ0) is 26.5. The minimum absolute atomic E-state index is 0.546. The molecule has 3 rings (SSSR count). The van der Waals surface area contributed by atoms with E-state index in [4.69, 9.17) is 19.2 Å². The van der Waals surface area contributed by atoms with Crippen LogP contribution < -0.4 is 19.5 Å². The van der Waals surface area contributed by atoms with Gasteiger partial charge in [-0.3, -0.25) is 0 Å². The van der Waals surface area contributed by atoms with E-state index >= 15 is 0 Å². The third-order valence-electron chi connectivity index (χ3n) is 6.67. The molecule has 0 amide bonds. The molecule has 0 spiro atoms. The summed E-state index contributed by atoms with van der Waals surface area (Å²) in [6.45, 7) is 16.8. The van der Waals surface area contributed by atoms with Crippen LogP contribution in [0.5, 0.6) is 23.1 Å². The van der Waals surface area contributed by atoms with E-state index < -0.39 is 0 Å². The van der Waals surface area contributed by atoms with Crippen LogP contribution in [0, 0.1) is 0 Å². The molecule has 0 radical (unpaired) electrons. The van der Waals surface area contributed by atoms with Crippen LogP contribution in [-0.4, -0.2) is 74.3 Å². The average Bonchev–Trinajstić information content (AvgIpc) is 2.93. The molecule has 0 aliphatic carbocycles. The van der Waals surface area contributed by atoms with Gasteiger partial charge in [0.25, 0.3) is 0 Å². The molecule has 0 saturated carbocycles. The summed E-state index contributed by atoms with van der Waals surface area (Å²) < 4.78 is 17.7. The van der Waals surface area contributed by atoms with Crippen molar-refractivity contribution in [2.45, 2.75) is 40.5 Å². The Morgan fingerprint density at radius 2 is 1.46 bits per heavy atom. The van der Waals surface area contributed by atoms with Gasteiger partial charge in [0.1, 0.15) is 5.75 Å². The second-order valence-electron chi connectivity index (χ2n) is 9.01. The lowest BCUT2D eigenvalue weighted by Crippen LogP contribution is -2.25. The van der Waals surface area contributed by atoms with Gasteiger partial charge < -0.3 is 29.3 Å². The molecule has 2 aromatic carbocycles. The summed E-state index contributed by atoms with van der Waals surface area (Å²) >= 11 is 0. The average molecular weight is 509 g/mol. The number of ether oxygens (including phenoxy) is 3. The molecular formula is C30H44N4O3. The van der Waals surface area contributed by atoms with Crippen LogP contribution in [0.3, 0.4) is 0 Å². The minimum atomic E-state index is 0.546. The fraction of sp³-hybridized carbons (Fsp3) is 0.500. The van der Waals surface area contributed by atoms with E-state index in [1.54, 1.807) is 7.11 Å². The molecule has 37 heavy (non-hydrogen) atoms. The van der Waals surface area contributed by atoms with Gasteiger partial charge in [0.05, 0.1) is 19.2 Å². The standard InChI is InChI=1S/C30H44N4O3/c1-6-33(7-2)19-10-18-31-25-13-15-26(16-14-25)37-30-17-12-24-22-28(35-5)29(23-27(24)32-30)36-21-11-20-34(8-3)9-4/h12-17,22-23,31H,6-11,18-21H2,1-5H3. The van der Waals surface area contributed by atoms with Gasteiger partial charge in [0.2, 0.25) is 5.88 Å². The van der Waals surface area contributed by atoms with Gasteiger partial charge in [-0.1, -0.05) is 27.7 Å². The molecule has 0 atom stereocenters. The number of aromatic nitrogens is 1. The lowest BCUT2D eigenvalue weighted by molar-refractivity contribution is 0.243. The molecule has 3 aromatic rings. The van der Waals surface area contributed by atoms with E-state index in [1.165, 1.54) is 0 Å². The highest BCUT2D eigenvalue weighted by Crippen LogP contribution is 2.33. The number of anilines is 1. The Balaban J connectivity index is 1.58. The number of pyridine rings is 1. The van der Waals surface area contributed by atoms with Crippen LogP contribution in [0.4, 0.5) is 5.69 Å². The quantitative estimate of drug-likeness (QED) is 0.215. The molecule has 0 aliphatic heterocycles. The van der Waals surface area contributed by atoms with Crippen LogP contribution in [0.25, 0.3) is 10.9 Å². The summed E-state index contributed by atoms with van der Waals surface area (Å²) in [6.07, 6.45) is 2.08. The van der Waals surface area contributed by atoms with Gasteiger partial charge in [-0.25, -0.2) is 4.98 Å². The van der Waals surface area contributed by atoms with Crippen molar-refractivity contribution in [1.29, 1.82) is 0 Å². The second-order valence-corrected chi connectivity index (χ2v) is 9.01. The molecule has 0 unspecified atom stereocenters. The van der Waals surface area contributed by atoms with E-state index in [1.807, 2.05) is 48.5 Å². The number of benzene rings is 2. The van der Waals surface area contributed by atoms with E-state index in [0.29, 0.717) is 24.0 Å². The fourth-order valence-electron chi connectivity index (χ4n) is 4.29. The normalized spacial score (nSPS) is 11.3. The topological polar surface area (TPSA) is 59.1 Å². The van der Waals surface area contributed by atoms with Crippen molar-refractivity contribution < 1.29 is 14.2 Å². The van der Waals surface area contributed by atoms with Gasteiger partial charge in [0, 0.05) is 36.3 Å². The van der Waals surface area contributed by atoms with Crippen molar-refractivity contribution in [3.05, 3.63) is 48.5 Å². The molecule has 1 heterocycles. The molecule has 0 bridgehead atoms. The first-order valence-corrected chi connectivity index (χ1v) is 13.7. The van der Waals surface area contributed by atoms with Gasteiger partial charge >= 0.3 is 0 Å². The summed E-state index contributed by atoms with van der Waals surface area (Å²) in [5.74, 6) is 2.72. The van der Waals surface area contributed by atoms with Crippen molar-refractivity contribution in [2.24, 2.45) is 0 Å². The number of nitrogens with zero attached hydrogens (tertiary/aromatic N) is 3. The summed E-state index contributed by atoms with van der Waals surface area (Å²) in [7, 11) is 1.67. The van der Waals surface area contributed by atoms with Crippen molar-refractivity contribution in [3.63, 3.8) is 0 Å². The highest BCUT2D eigenvalue weighted by atomic mass is 16.5. The van der Waals surface area contributed by atoms with Crippen molar-refractivity contribution in [1.82, 2.24) is 14.8 Å². The number of hydrogen-bond acceptors (Lipinski definition) is 7. The minimum Gasteiger partial charge on any atom is -0.493 e. The molecule has 0 saturated heterocycles. The molecule has 202 valence electrons. The van der Waals surface area contributed by atoms with Gasteiger partial charge in [0.15, 0.2) is 11.5 Å². The van der Waals surface area contributed by atoms with Crippen LogP contribution in [0.2, 0.25) is 0 Å². The number of hydrogen-bond donors (Lipinski definition) is 1. The Kier molecular flexibility index (Phi) is 11.8. The van der Waals surface area contributed by atoms with Crippen LogP contribution in [0.1, 0.15) is 40.5 Å². The van der Waals surface area contributed by atoms with E-state index in [2.05, 4.69) is 42.8 Å². The zero-order valence-electron chi connectivity index (χ0n) is 23.3. The van der Waals surface area contributed by atoms with E-state index in [-0.39, 0.29) is 0 Å². The smallest absolute Gasteiger partial charge is 0.219 e. The highest BCUT2D eigenvalue weighted by molar-refractivity contribution is 5.83. The Labute approximate surface area is 222 Å². The van der Waals surface area contributed by atoms with Gasteiger partial charge in [-0.05, 0) is 82.0 Å². The summed E-state index contributed by atoms with van der Waals surface area (Å²) in [6, 6.07) is 15.8. The lowest BCUT2D eigenvalue weighted by atomic mass is 10.2. The van der Waals surface area contributed by atoms with Gasteiger partial charge in [-0.2, -0.15) is 0 Å². The summed E-state index contributed by atoms with van der Waals surface area (Å²) in [5.41, 5.74) is 1.90. The third kappa shape index (κ3) is 8.79. The lowest BCUT2D eigenvalue weighted by Gasteiger charge is -2.18. The van der Waals surface area contributed by atoms with E-state index in [0.717, 1.165) is 81.0 Å². The Morgan fingerprint density at radius 3 is 2.11 bits per heavy atom. The molecule has 0 fully saturated rings. The third-order valence-corrected chi connectivity index (χ3v) is 6.67. The first-order chi connectivity index (χ1) is 18.1. The van der Waals surface area contributed by atoms with E-state index in [9.17, 15) is 0 Å². The maximum absolute atomic E-state index is 6.07. The second kappa shape index (κ2) is 15.3. The zero-order valence-corrected chi connectivity index (χ0v) is 23.3. The number of methoxy groups -OCH3 is 1. The molecule has 7 heteroatoms. The number of fused-ring (bicyclic) bond motifs is 1. The van der Waals surface area contributed by atoms with Gasteiger partial charge in [-0.15, -0.1) is 0 Å². The van der Waals surface area contributed by atoms with Crippen molar-refractivity contribution >= 4 is 16.6 Å². The number of rotatable bonds is 17. The molecule has 7 nitrogen and oxygen atoms in total. The fourth-order valence-corrected chi connectivity index (χ4v) is 4.29. The number of nitrogens with one attached hydrogen (secondary N) is 1. The van der Waals surface area contributed by atoms with Crippen LogP contribution in [-0.2, 0) is 0 Å². The predicted octanol–water partition coefficient (Wildman–Crippen LogP) is 6.29. The molecular weight excluding hydrogens is 464 g/mol. The van der Waals surface area contributed by atoms with Crippen molar-refractivity contribution in [3.8, 4) is 23.1 Å². The Bertz CT molecular complexity index is 1070. The predicted molar refractivity (Wildman–Crippen MR) is 154 cm³/mol.